The van der Waals surface area contributed by atoms with Crippen LogP contribution in [-0.2, 0) is 19.7 Å². The Bertz CT molecular complexity index is 1550. The number of sulfone groups is 2. The Balaban J connectivity index is 1.26. The molecule has 4 aromatic rings. The molecule has 0 saturated heterocycles. The van der Waals surface area contributed by atoms with Gasteiger partial charge in [0.2, 0.25) is 19.7 Å². The molecule has 0 aliphatic rings. The number of aliphatic hydroxyl groups excluding tert-OH is 1. The van der Waals surface area contributed by atoms with Gasteiger partial charge in [-0.3, -0.25) is 0 Å². The molecule has 0 saturated carbocycles. The Morgan fingerprint density at radius 2 is 0.727 bits per heavy atom. The van der Waals surface area contributed by atoms with Crippen LogP contribution in [0.5, 0.6) is 23.0 Å². The van der Waals surface area contributed by atoms with Crippen LogP contribution in [0.1, 0.15) is 26.7 Å². The molecule has 0 atom stereocenters. The van der Waals surface area contributed by atoms with Crippen LogP contribution in [0.15, 0.2) is 117 Å². The summed E-state index contributed by atoms with van der Waals surface area (Å²) in [5.41, 5.74) is 0. The van der Waals surface area contributed by atoms with E-state index in [9.17, 15) is 21.9 Å². The first-order valence-electron chi connectivity index (χ1n) is 14.2. The molecule has 0 aliphatic heterocycles. The molecule has 0 fully saturated rings. The third-order valence-electron chi connectivity index (χ3n) is 6.37. The van der Waals surface area contributed by atoms with Crippen molar-refractivity contribution in [3.63, 3.8) is 0 Å². The standard InChI is InChI=1S/C33H36O9S2/c1-3-21-39-26-5-13-30(14-6-26)43(35,36)32-17-9-28(10-18-32)41-23-25(34)24-42-29-11-19-33(20-12-29)44(37,38)31-15-7-27(8-16-31)40-22-4-2/h5-20,25,34H,3-4,21-24H2,1-2H3. The number of hydrogen-bond donors (Lipinski definition) is 1. The van der Waals surface area contributed by atoms with Crippen LogP contribution in [0.2, 0.25) is 0 Å². The largest absolute Gasteiger partial charge is 0.494 e. The van der Waals surface area contributed by atoms with Crippen molar-refractivity contribution in [2.45, 2.75) is 52.4 Å². The van der Waals surface area contributed by atoms with E-state index in [1.165, 1.54) is 72.8 Å². The van der Waals surface area contributed by atoms with E-state index in [4.69, 9.17) is 18.9 Å². The number of ether oxygens (including phenoxy) is 4. The van der Waals surface area contributed by atoms with E-state index in [0.29, 0.717) is 36.2 Å². The molecule has 234 valence electrons. The Kier molecular flexibility index (Phi) is 11.3. The van der Waals surface area contributed by atoms with Gasteiger partial charge in [-0.25, -0.2) is 16.8 Å². The topological polar surface area (TPSA) is 125 Å². The minimum Gasteiger partial charge on any atom is -0.494 e. The fourth-order valence-corrected chi connectivity index (χ4v) is 6.53. The monoisotopic (exact) mass is 640 g/mol. The van der Waals surface area contributed by atoms with Gasteiger partial charge in [-0.05, 0) is 110 Å². The van der Waals surface area contributed by atoms with Gasteiger partial charge < -0.3 is 24.1 Å². The highest BCUT2D eigenvalue weighted by molar-refractivity contribution is 7.91. The highest BCUT2D eigenvalue weighted by Crippen LogP contribution is 2.26. The van der Waals surface area contributed by atoms with Crippen LogP contribution in [0.25, 0.3) is 0 Å². The van der Waals surface area contributed by atoms with Crippen molar-refractivity contribution >= 4 is 19.7 Å². The van der Waals surface area contributed by atoms with Gasteiger partial charge in [0.25, 0.3) is 0 Å². The van der Waals surface area contributed by atoms with Crippen LogP contribution in [0, 0.1) is 0 Å². The predicted molar refractivity (Wildman–Crippen MR) is 165 cm³/mol. The molecule has 11 heteroatoms. The third-order valence-corrected chi connectivity index (χ3v) is 9.94. The fraction of sp³-hybridized carbons (Fsp3) is 0.273. The summed E-state index contributed by atoms with van der Waals surface area (Å²) < 4.78 is 74.1. The van der Waals surface area contributed by atoms with Crippen LogP contribution < -0.4 is 18.9 Å². The molecule has 0 spiro atoms. The molecular weight excluding hydrogens is 604 g/mol. The van der Waals surface area contributed by atoms with Crippen molar-refractivity contribution in [3.05, 3.63) is 97.1 Å². The summed E-state index contributed by atoms with van der Waals surface area (Å²) in [6.45, 7) is 4.89. The molecule has 0 amide bonds. The van der Waals surface area contributed by atoms with Crippen LogP contribution in [-0.4, -0.2) is 54.5 Å². The van der Waals surface area contributed by atoms with E-state index in [0.717, 1.165) is 12.8 Å². The van der Waals surface area contributed by atoms with Gasteiger partial charge in [-0.15, -0.1) is 0 Å². The maximum atomic E-state index is 13.0. The lowest BCUT2D eigenvalue weighted by Crippen LogP contribution is -2.25. The number of benzene rings is 4. The lowest BCUT2D eigenvalue weighted by atomic mass is 10.3. The minimum absolute atomic E-state index is 0.101. The van der Waals surface area contributed by atoms with E-state index < -0.39 is 25.8 Å². The first kappa shape index (κ1) is 32.8. The maximum Gasteiger partial charge on any atom is 0.206 e. The second-order valence-electron chi connectivity index (χ2n) is 9.87. The van der Waals surface area contributed by atoms with Crippen molar-refractivity contribution in [3.8, 4) is 23.0 Å². The highest BCUT2D eigenvalue weighted by Gasteiger charge is 2.19. The first-order valence-corrected chi connectivity index (χ1v) is 17.2. The lowest BCUT2D eigenvalue weighted by molar-refractivity contribution is 0.0626. The highest BCUT2D eigenvalue weighted by atomic mass is 32.2. The summed E-state index contributed by atoms with van der Waals surface area (Å²) in [5, 5.41) is 10.3. The second-order valence-corrected chi connectivity index (χ2v) is 13.8. The molecule has 0 heterocycles. The van der Waals surface area contributed by atoms with Gasteiger partial charge in [0, 0.05) is 0 Å². The Morgan fingerprint density at radius 1 is 0.477 bits per heavy atom. The normalized spacial score (nSPS) is 11.7. The van der Waals surface area contributed by atoms with Crippen molar-refractivity contribution in [1.82, 2.24) is 0 Å². The van der Waals surface area contributed by atoms with Crippen molar-refractivity contribution in [2.24, 2.45) is 0 Å². The van der Waals surface area contributed by atoms with Gasteiger partial charge >= 0.3 is 0 Å². The van der Waals surface area contributed by atoms with Crippen molar-refractivity contribution < 1.29 is 40.9 Å². The van der Waals surface area contributed by atoms with Crippen molar-refractivity contribution in [1.29, 1.82) is 0 Å². The van der Waals surface area contributed by atoms with Gasteiger partial charge in [0.1, 0.15) is 42.3 Å². The fourth-order valence-electron chi connectivity index (χ4n) is 4.01. The molecule has 4 aromatic carbocycles. The SMILES string of the molecule is CCCOc1ccc(S(=O)(=O)c2ccc(OCC(O)COc3ccc(S(=O)(=O)c4ccc(OCCC)cc4)cc3)cc2)cc1. The summed E-state index contributed by atoms with van der Waals surface area (Å²) in [4.78, 5) is 0.526. The molecule has 0 bridgehead atoms. The van der Waals surface area contributed by atoms with Crippen LogP contribution in [0.4, 0.5) is 0 Å². The van der Waals surface area contributed by atoms with E-state index in [2.05, 4.69) is 0 Å². The zero-order valence-electron chi connectivity index (χ0n) is 24.6. The maximum absolute atomic E-state index is 13.0. The summed E-state index contributed by atoms with van der Waals surface area (Å²) in [6, 6.07) is 24.4. The zero-order chi connectivity index (χ0) is 31.6. The van der Waals surface area contributed by atoms with E-state index in [-0.39, 0.29) is 32.8 Å². The molecule has 0 aromatic heterocycles. The number of hydrogen-bond acceptors (Lipinski definition) is 9. The summed E-state index contributed by atoms with van der Waals surface area (Å²) in [5.74, 6) is 1.98. The van der Waals surface area contributed by atoms with Gasteiger partial charge in [0.05, 0.1) is 32.8 Å². The zero-order valence-corrected chi connectivity index (χ0v) is 26.2. The second kappa shape index (κ2) is 15.1. The van der Waals surface area contributed by atoms with Gasteiger partial charge in [-0.1, -0.05) is 13.8 Å². The Morgan fingerprint density at radius 3 is 0.977 bits per heavy atom. The lowest BCUT2D eigenvalue weighted by Gasteiger charge is -2.14. The minimum atomic E-state index is -3.72. The number of rotatable bonds is 16. The Hall–Kier alpha value is -4.06. The van der Waals surface area contributed by atoms with E-state index in [1.807, 2.05) is 13.8 Å². The smallest absolute Gasteiger partial charge is 0.206 e. The molecule has 1 N–H and O–H groups in total. The molecular formula is C33H36O9S2. The Labute approximate surface area is 258 Å². The summed E-state index contributed by atoms with van der Waals surface area (Å²) in [6.07, 6.45) is 0.712. The molecule has 0 unspecified atom stereocenters. The summed E-state index contributed by atoms with van der Waals surface area (Å²) >= 11 is 0. The third kappa shape index (κ3) is 8.52. The molecule has 0 radical (unpaired) electrons. The quantitative estimate of drug-likeness (QED) is 0.163. The predicted octanol–water partition coefficient (Wildman–Crippen LogP) is 5.75. The summed E-state index contributed by atoms with van der Waals surface area (Å²) in [7, 11) is -7.44. The van der Waals surface area contributed by atoms with Gasteiger partial charge in [-0.2, -0.15) is 0 Å². The molecule has 0 aliphatic carbocycles. The van der Waals surface area contributed by atoms with Crippen LogP contribution >= 0.6 is 0 Å². The molecule has 4 rings (SSSR count). The average molecular weight is 641 g/mol. The number of aliphatic hydroxyl groups is 1. The van der Waals surface area contributed by atoms with Crippen molar-refractivity contribution in [2.75, 3.05) is 26.4 Å². The van der Waals surface area contributed by atoms with E-state index >= 15 is 0 Å². The van der Waals surface area contributed by atoms with E-state index in [1.54, 1.807) is 24.3 Å². The molecule has 9 nitrogen and oxygen atoms in total. The molecule has 44 heavy (non-hydrogen) atoms. The first-order chi connectivity index (χ1) is 21.1. The average Bonchev–Trinajstić information content (AvgIpc) is 3.05. The van der Waals surface area contributed by atoms with Crippen LogP contribution in [0.3, 0.4) is 0 Å². The van der Waals surface area contributed by atoms with Gasteiger partial charge in [0.15, 0.2) is 0 Å².